The van der Waals surface area contributed by atoms with Crippen LogP contribution in [0.25, 0.3) is 0 Å². The molecule has 0 spiro atoms. The lowest BCUT2D eigenvalue weighted by Crippen LogP contribution is -2.42. The number of nitrogen functional groups attached to an aromatic ring is 1. The number of hydrogen-bond acceptors (Lipinski definition) is 6. The fourth-order valence-corrected chi connectivity index (χ4v) is 3.12. The molecule has 1 saturated carbocycles. The average Bonchev–Trinajstić information content (AvgIpc) is 2.57. The number of rotatable bonds is 5. The van der Waals surface area contributed by atoms with Crippen molar-refractivity contribution < 1.29 is 4.79 Å². The lowest BCUT2D eigenvalue weighted by Gasteiger charge is -2.29. The third-order valence-corrected chi connectivity index (χ3v) is 4.46. The van der Waals surface area contributed by atoms with Crippen molar-refractivity contribution in [2.45, 2.75) is 37.8 Å². The number of anilines is 4. The number of benzene rings is 1. The molecule has 1 aromatic carbocycles. The highest BCUT2D eigenvalue weighted by Gasteiger charge is 2.22. The number of carbonyl (C=O) groups excluding carboxylic acids is 1. The molecule has 25 heavy (non-hydrogen) atoms. The molecule has 7 nitrogen and oxygen atoms in total. The molecule has 2 atom stereocenters. The van der Waals surface area contributed by atoms with Gasteiger partial charge in [-0.05, 0) is 43.2 Å². The molecule has 1 heterocycles. The van der Waals surface area contributed by atoms with E-state index in [9.17, 15) is 4.79 Å². The van der Waals surface area contributed by atoms with Gasteiger partial charge < -0.3 is 27.8 Å². The zero-order valence-electron chi connectivity index (χ0n) is 14.0. The van der Waals surface area contributed by atoms with Crippen molar-refractivity contribution in [3.63, 3.8) is 0 Å². The first-order valence-corrected chi connectivity index (χ1v) is 8.48. The standard InChI is InChI=1S/C18H24N6O/c19-11-4-3-5-12(10-11)22-18-13(17(21)25)8-9-16(24-18)23-15-7-2-1-6-14(15)20/h3-5,8-10,14-15H,1-2,6-7,19-20H2,(H2,21,25)(H2,22,23,24). The lowest BCUT2D eigenvalue weighted by atomic mass is 9.91. The first-order valence-electron chi connectivity index (χ1n) is 8.48. The maximum atomic E-state index is 11.7. The Morgan fingerprint density at radius 2 is 1.96 bits per heavy atom. The Kier molecular flexibility index (Phi) is 5.04. The zero-order valence-corrected chi connectivity index (χ0v) is 14.0. The Bertz CT molecular complexity index is 763. The maximum absolute atomic E-state index is 11.7. The molecule has 1 aromatic heterocycles. The van der Waals surface area contributed by atoms with Crippen LogP contribution in [0, 0.1) is 0 Å². The van der Waals surface area contributed by atoms with Gasteiger partial charge in [0.05, 0.1) is 5.56 Å². The molecule has 3 rings (SSSR count). The number of amides is 1. The second-order valence-electron chi connectivity index (χ2n) is 6.41. The first kappa shape index (κ1) is 17.0. The highest BCUT2D eigenvalue weighted by Crippen LogP contribution is 2.25. The highest BCUT2D eigenvalue weighted by molar-refractivity contribution is 5.98. The second kappa shape index (κ2) is 7.40. The third-order valence-electron chi connectivity index (χ3n) is 4.46. The summed E-state index contributed by atoms with van der Waals surface area (Å²) in [6, 6.07) is 10.9. The number of nitrogens with one attached hydrogen (secondary N) is 2. The van der Waals surface area contributed by atoms with Crippen LogP contribution in [-0.2, 0) is 0 Å². The molecule has 1 aliphatic rings. The van der Waals surface area contributed by atoms with Crippen LogP contribution in [0.5, 0.6) is 0 Å². The van der Waals surface area contributed by atoms with Crippen LogP contribution in [0.2, 0.25) is 0 Å². The molecule has 0 saturated heterocycles. The number of nitrogens with two attached hydrogens (primary N) is 3. The molecule has 1 fully saturated rings. The molecule has 2 unspecified atom stereocenters. The molecular weight excluding hydrogens is 316 g/mol. The molecule has 0 aliphatic heterocycles. The van der Waals surface area contributed by atoms with E-state index in [0.29, 0.717) is 22.9 Å². The maximum Gasteiger partial charge on any atom is 0.252 e. The first-order chi connectivity index (χ1) is 12.0. The van der Waals surface area contributed by atoms with E-state index in [4.69, 9.17) is 17.2 Å². The van der Waals surface area contributed by atoms with Crippen molar-refractivity contribution in [3.05, 3.63) is 42.0 Å². The Hall–Kier alpha value is -2.80. The Balaban J connectivity index is 1.85. The smallest absolute Gasteiger partial charge is 0.252 e. The van der Waals surface area contributed by atoms with Gasteiger partial charge in [-0.25, -0.2) is 4.98 Å². The highest BCUT2D eigenvalue weighted by atomic mass is 16.1. The van der Waals surface area contributed by atoms with Gasteiger partial charge >= 0.3 is 0 Å². The van der Waals surface area contributed by atoms with Crippen LogP contribution in [-0.4, -0.2) is 23.0 Å². The van der Waals surface area contributed by atoms with Crippen LogP contribution in [0.1, 0.15) is 36.0 Å². The van der Waals surface area contributed by atoms with Crippen molar-refractivity contribution in [1.82, 2.24) is 4.98 Å². The minimum Gasteiger partial charge on any atom is -0.399 e. The van der Waals surface area contributed by atoms with Gasteiger partial charge in [-0.1, -0.05) is 18.9 Å². The van der Waals surface area contributed by atoms with Gasteiger partial charge in [0.15, 0.2) is 0 Å². The average molecular weight is 340 g/mol. The number of hydrogen-bond donors (Lipinski definition) is 5. The fourth-order valence-electron chi connectivity index (χ4n) is 3.12. The van der Waals surface area contributed by atoms with Crippen molar-refractivity contribution in [2.24, 2.45) is 11.5 Å². The predicted octanol–water partition coefficient (Wildman–Crippen LogP) is 2.19. The van der Waals surface area contributed by atoms with E-state index in [2.05, 4.69) is 15.6 Å². The van der Waals surface area contributed by atoms with E-state index in [1.807, 2.05) is 12.1 Å². The van der Waals surface area contributed by atoms with Gasteiger partial charge in [0.25, 0.3) is 5.91 Å². The Morgan fingerprint density at radius 3 is 2.68 bits per heavy atom. The van der Waals surface area contributed by atoms with Gasteiger partial charge in [0.2, 0.25) is 0 Å². The van der Waals surface area contributed by atoms with E-state index in [-0.39, 0.29) is 12.1 Å². The summed E-state index contributed by atoms with van der Waals surface area (Å²) >= 11 is 0. The number of carbonyl (C=O) groups is 1. The van der Waals surface area contributed by atoms with Crippen LogP contribution in [0.15, 0.2) is 36.4 Å². The Labute approximate surface area is 147 Å². The number of primary amides is 1. The summed E-state index contributed by atoms with van der Waals surface area (Å²) < 4.78 is 0. The summed E-state index contributed by atoms with van der Waals surface area (Å²) in [5, 5.41) is 6.50. The summed E-state index contributed by atoms with van der Waals surface area (Å²) in [4.78, 5) is 16.2. The Morgan fingerprint density at radius 1 is 1.16 bits per heavy atom. The topological polar surface area (TPSA) is 132 Å². The van der Waals surface area contributed by atoms with Gasteiger partial charge in [-0.15, -0.1) is 0 Å². The number of nitrogens with zero attached hydrogens (tertiary/aromatic N) is 1. The van der Waals surface area contributed by atoms with E-state index in [0.717, 1.165) is 31.4 Å². The summed E-state index contributed by atoms with van der Waals surface area (Å²) in [5.41, 5.74) is 19.1. The third kappa shape index (κ3) is 4.19. The SMILES string of the molecule is NC(=O)c1ccc(NC2CCCCC2N)nc1Nc1cccc(N)c1. The van der Waals surface area contributed by atoms with Gasteiger partial charge in [-0.3, -0.25) is 4.79 Å². The largest absolute Gasteiger partial charge is 0.399 e. The van der Waals surface area contributed by atoms with Crippen LogP contribution < -0.4 is 27.8 Å². The van der Waals surface area contributed by atoms with Gasteiger partial charge in [0.1, 0.15) is 11.6 Å². The van der Waals surface area contributed by atoms with Crippen LogP contribution >= 0.6 is 0 Å². The zero-order chi connectivity index (χ0) is 17.8. The van der Waals surface area contributed by atoms with Crippen LogP contribution in [0.4, 0.5) is 23.0 Å². The van der Waals surface area contributed by atoms with E-state index in [1.165, 1.54) is 0 Å². The molecule has 0 radical (unpaired) electrons. The number of pyridine rings is 1. The molecule has 2 aromatic rings. The van der Waals surface area contributed by atoms with Crippen molar-refractivity contribution in [3.8, 4) is 0 Å². The predicted molar refractivity (Wildman–Crippen MR) is 101 cm³/mol. The summed E-state index contributed by atoms with van der Waals surface area (Å²) in [6.45, 7) is 0. The van der Waals surface area contributed by atoms with Crippen LogP contribution in [0.3, 0.4) is 0 Å². The van der Waals surface area contributed by atoms with Crippen molar-refractivity contribution >= 4 is 28.9 Å². The molecular formula is C18H24N6O. The molecule has 0 bridgehead atoms. The monoisotopic (exact) mass is 340 g/mol. The lowest BCUT2D eigenvalue weighted by molar-refractivity contribution is 0.100. The molecule has 8 N–H and O–H groups in total. The number of aromatic nitrogens is 1. The van der Waals surface area contributed by atoms with Crippen molar-refractivity contribution in [2.75, 3.05) is 16.4 Å². The summed E-state index contributed by atoms with van der Waals surface area (Å²) in [6.07, 6.45) is 4.33. The molecule has 1 amide bonds. The fraction of sp³-hybridized carbons (Fsp3) is 0.333. The normalized spacial score (nSPS) is 20.0. The quantitative estimate of drug-likeness (QED) is 0.530. The summed E-state index contributed by atoms with van der Waals surface area (Å²) in [7, 11) is 0. The summed E-state index contributed by atoms with van der Waals surface area (Å²) in [5.74, 6) is 0.519. The van der Waals surface area contributed by atoms with Crippen molar-refractivity contribution in [1.29, 1.82) is 0 Å². The minimum atomic E-state index is -0.542. The molecule has 132 valence electrons. The van der Waals surface area contributed by atoms with E-state index < -0.39 is 5.91 Å². The second-order valence-corrected chi connectivity index (χ2v) is 6.41. The minimum absolute atomic E-state index is 0.108. The molecule has 7 heteroatoms. The van der Waals surface area contributed by atoms with E-state index in [1.54, 1.807) is 24.3 Å². The van der Waals surface area contributed by atoms with E-state index >= 15 is 0 Å². The molecule has 1 aliphatic carbocycles. The van der Waals surface area contributed by atoms with Gasteiger partial charge in [-0.2, -0.15) is 0 Å². The van der Waals surface area contributed by atoms with Gasteiger partial charge in [0, 0.05) is 23.5 Å².